The van der Waals surface area contributed by atoms with Gasteiger partial charge >= 0.3 is 0 Å². The van der Waals surface area contributed by atoms with Gasteiger partial charge in [0.15, 0.2) is 12.0 Å². The number of rotatable bonds is 4. The molecule has 0 spiro atoms. The highest BCUT2D eigenvalue weighted by molar-refractivity contribution is 5.83. The predicted molar refractivity (Wildman–Crippen MR) is 84.4 cm³/mol. The molecule has 1 aromatic carbocycles. The lowest BCUT2D eigenvalue weighted by Gasteiger charge is -2.19. The zero-order chi connectivity index (χ0) is 15.6. The molecule has 0 aliphatic rings. The fourth-order valence-electron chi connectivity index (χ4n) is 2.20. The molecule has 0 amide bonds. The van der Waals surface area contributed by atoms with Crippen LogP contribution in [-0.2, 0) is 12.0 Å². The molecule has 1 heterocycles. The van der Waals surface area contributed by atoms with Gasteiger partial charge in [-0.3, -0.25) is 4.79 Å². The molecule has 21 heavy (non-hydrogen) atoms. The molecule has 0 radical (unpaired) electrons. The van der Waals surface area contributed by atoms with E-state index in [0.29, 0.717) is 12.2 Å². The second-order valence-corrected chi connectivity index (χ2v) is 6.38. The number of hydrogen-bond acceptors (Lipinski definition) is 3. The van der Waals surface area contributed by atoms with Crippen molar-refractivity contribution in [2.45, 2.75) is 39.7 Å². The van der Waals surface area contributed by atoms with Gasteiger partial charge in [0, 0.05) is 5.56 Å². The van der Waals surface area contributed by atoms with Crippen LogP contribution in [0.2, 0.25) is 0 Å². The van der Waals surface area contributed by atoms with Crippen molar-refractivity contribution in [2.75, 3.05) is 0 Å². The number of allylic oxidation sites excluding steroid dienone is 1. The average molecular weight is 283 g/mol. The van der Waals surface area contributed by atoms with E-state index in [1.54, 1.807) is 4.68 Å². The summed E-state index contributed by atoms with van der Waals surface area (Å²) in [7, 11) is 0. The van der Waals surface area contributed by atoms with Crippen molar-refractivity contribution in [1.82, 2.24) is 15.0 Å². The summed E-state index contributed by atoms with van der Waals surface area (Å²) in [5.74, 6) is 0. The molecule has 0 N–H and O–H groups in total. The van der Waals surface area contributed by atoms with Crippen LogP contribution in [0.15, 0.2) is 36.4 Å². The number of carbonyl (C=O) groups is 1. The van der Waals surface area contributed by atoms with Crippen LogP contribution in [0.1, 0.15) is 43.7 Å². The molecule has 0 saturated carbocycles. The molecule has 4 heteroatoms. The van der Waals surface area contributed by atoms with E-state index in [4.69, 9.17) is 0 Å². The lowest BCUT2D eigenvalue weighted by Crippen LogP contribution is -2.10. The molecule has 0 saturated heterocycles. The number of hydrogen-bond donors (Lipinski definition) is 0. The van der Waals surface area contributed by atoms with Crippen molar-refractivity contribution in [2.24, 2.45) is 0 Å². The second-order valence-electron chi connectivity index (χ2n) is 6.38. The van der Waals surface area contributed by atoms with Crippen molar-refractivity contribution >= 4 is 6.29 Å². The van der Waals surface area contributed by atoms with Gasteiger partial charge in [-0.05, 0) is 17.9 Å². The summed E-state index contributed by atoms with van der Waals surface area (Å²) in [6.07, 6.45) is 0.745. The summed E-state index contributed by atoms with van der Waals surface area (Å²) < 4.78 is 1.72. The first kappa shape index (κ1) is 15.2. The summed E-state index contributed by atoms with van der Waals surface area (Å²) in [5.41, 5.74) is 4.36. The van der Waals surface area contributed by atoms with Crippen LogP contribution in [0.25, 0.3) is 11.3 Å². The Morgan fingerprint density at radius 1 is 1.29 bits per heavy atom. The molecule has 4 nitrogen and oxygen atoms in total. The molecule has 0 aliphatic heterocycles. The molecule has 0 bridgehead atoms. The Labute approximate surface area is 125 Å². The highest BCUT2D eigenvalue weighted by atomic mass is 16.1. The van der Waals surface area contributed by atoms with Gasteiger partial charge in [-0.25, -0.2) is 4.68 Å². The smallest absolute Gasteiger partial charge is 0.172 e. The van der Waals surface area contributed by atoms with Gasteiger partial charge in [0.2, 0.25) is 0 Å². The molecule has 0 aliphatic carbocycles. The minimum Gasteiger partial charge on any atom is -0.296 e. The van der Waals surface area contributed by atoms with Crippen LogP contribution in [0.4, 0.5) is 0 Å². The van der Waals surface area contributed by atoms with Gasteiger partial charge < -0.3 is 0 Å². The highest BCUT2D eigenvalue weighted by Crippen LogP contribution is 2.27. The Morgan fingerprint density at radius 3 is 2.38 bits per heavy atom. The summed E-state index contributed by atoms with van der Waals surface area (Å²) >= 11 is 0. The normalized spacial score (nSPS) is 11.4. The van der Waals surface area contributed by atoms with E-state index in [-0.39, 0.29) is 5.41 Å². The van der Waals surface area contributed by atoms with E-state index in [2.05, 4.69) is 49.8 Å². The molecule has 0 atom stereocenters. The second kappa shape index (κ2) is 5.64. The number of carbonyl (C=O) groups excluding carboxylic acids is 1. The van der Waals surface area contributed by atoms with Crippen LogP contribution >= 0.6 is 0 Å². The van der Waals surface area contributed by atoms with E-state index in [9.17, 15) is 4.79 Å². The number of benzene rings is 1. The fraction of sp³-hybridized carbons (Fsp3) is 0.353. The number of nitrogens with zero attached hydrogens (tertiary/aromatic N) is 3. The standard InChI is InChI=1S/C17H21N3O/c1-12(2)10-20-16(15(11-21)18-19-20)13-6-8-14(9-7-13)17(3,4)5/h6-9,11H,1,10H2,2-5H3. The first-order chi connectivity index (χ1) is 9.82. The quantitative estimate of drug-likeness (QED) is 0.636. The van der Waals surface area contributed by atoms with Gasteiger partial charge in [-0.2, -0.15) is 0 Å². The summed E-state index contributed by atoms with van der Waals surface area (Å²) in [4.78, 5) is 11.2. The molecule has 0 unspecified atom stereocenters. The first-order valence-electron chi connectivity index (χ1n) is 6.97. The van der Waals surface area contributed by atoms with Crippen LogP contribution in [0.5, 0.6) is 0 Å². The first-order valence-corrected chi connectivity index (χ1v) is 6.97. The molecule has 0 fully saturated rings. The SMILES string of the molecule is C=C(C)Cn1nnc(C=O)c1-c1ccc(C(C)(C)C)cc1. The minimum atomic E-state index is 0.0994. The molecular weight excluding hydrogens is 262 g/mol. The lowest BCUT2D eigenvalue weighted by molar-refractivity contribution is 0.111. The Morgan fingerprint density at radius 2 is 1.90 bits per heavy atom. The maximum Gasteiger partial charge on any atom is 0.172 e. The van der Waals surface area contributed by atoms with Crippen LogP contribution in [0, 0.1) is 0 Å². The van der Waals surface area contributed by atoms with Crippen LogP contribution in [0.3, 0.4) is 0 Å². The molecule has 2 rings (SSSR count). The van der Waals surface area contributed by atoms with Crippen LogP contribution < -0.4 is 0 Å². The van der Waals surface area contributed by atoms with Crippen molar-refractivity contribution in [1.29, 1.82) is 0 Å². The van der Waals surface area contributed by atoms with E-state index < -0.39 is 0 Å². The zero-order valence-electron chi connectivity index (χ0n) is 13.1. The lowest BCUT2D eigenvalue weighted by atomic mass is 9.86. The van der Waals surface area contributed by atoms with Crippen molar-refractivity contribution in [3.8, 4) is 11.3 Å². The third kappa shape index (κ3) is 3.27. The Bertz CT molecular complexity index is 660. The monoisotopic (exact) mass is 283 g/mol. The third-order valence-electron chi connectivity index (χ3n) is 3.32. The fourth-order valence-corrected chi connectivity index (χ4v) is 2.20. The van der Waals surface area contributed by atoms with E-state index >= 15 is 0 Å². The maximum absolute atomic E-state index is 11.2. The van der Waals surface area contributed by atoms with Crippen molar-refractivity contribution in [3.63, 3.8) is 0 Å². The number of aldehydes is 1. The van der Waals surface area contributed by atoms with Gasteiger partial charge in [0.1, 0.15) is 0 Å². The van der Waals surface area contributed by atoms with Gasteiger partial charge in [-0.15, -0.1) is 5.10 Å². The summed E-state index contributed by atoms with van der Waals surface area (Å²) in [6, 6.07) is 8.20. The maximum atomic E-state index is 11.2. The summed E-state index contributed by atoms with van der Waals surface area (Å²) in [5, 5.41) is 7.99. The highest BCUT2D eigenvalue weighted by Gasteiger charge is 2.17. The average Bonchev–Trinajstić information content (AvgIpc) is 2.80. The third-order valence-corrected chi connectivity index (χ3v) is 3.32. The summed E-state index contributed by atoms with van der Waals surface area (Å²) in [6.45, 7) is 12.9. The molecule has 110 valence electrons. The Hall–Kier alpha value is -2.23. The topological polar surface area (TPSA) is 47.8 Å². The Kier molecular flexibility index (Phi) is 4.07. The van der Waals surface area contributed by atoms with Gasteiger partial charge in [0.25, 0.3) is 0 Å². The Balaban J connectivity index is 2.48. The molecule has 1 aromatic heterocycles. The largest absolute Gasteiger partial charge is 0.296 e. The number of aromatic nitrogens is 3. The predicted octanol–water partition coefficient (Wildman–Crippen LogP) is 3.63. The van der Waals surface area contributed by atoms with Crippen molar-refractivity contribution < 1.29 is 4.79 Å². The van der Waals surface area contributed by atoms with E-state index in [0.717, 1.165) is 23.1 Å². The van der Waals surface area contributed by atoms with Gasteiger partial charge in [0.05, 0.1) is 12.2 Å². The van der Waals surface area contributed by atoms with Gasteiger partial charge in [-0.1, -0.05) is 62.4 Å². The zero-order valence-corrected chi connectivity index (χ0v) is 13.1. The van der Waals surface area contributed by atoms with E-state index in [1.165, 1.54) is 5.56 Å². The van der Waals surface area contributed by atoms with Crippen LogP contribution in [-0.4, -0.2) is 21.3 Å². The minimum absolute atomic E-state index is 0.0994. The van der Waals surface area contributed by atoms with E-state index in [1.807, 2.05) is 19.1 Å². The molecule has 2 aromatic rings. The molecular formula is C17H21N3O. The van der Waals surface area contributed by atoms with Crippen molar-refractivity contribution in [3.05, 3.63) is 47.7 Å².